The summed E-state index contributed by atoms with van der Waals surface area (Å²) < 4.78 is 2.72. The van der Waals surface area contributed by atoms with Gasteiger partial charge < -0.3 is 0 Å². The van der Waals surface area contributed by atoms with Gasteiger partial charge in [0.2, 0.25) is 0 Å². The fraction of sp³-hybridized carbons (Fsp3) is 0.0909. The average molecular weight is 731 g/mol. The zero-order chi connectivity index (χ0) is 37.1. The summed E-state index contributed by atoms with van der Waals surface area (Å²) >= 11 is 1.91. The molecule has 0 fully saturated rings. The van der Waals surface area contributed by atoms with Crippen molar-refractivity contribution in [3.05, 3.63) is 199 Å². The minimum atomic E-state index is -0.0972. The van der Waals surface area contributed by atoms with E-state index in [0.29, 0.717) is 11.8 Å². The first-order chi connectivity index (χ1) is 27.5. The normalized spacial score (nSPS) is 17.9. The molecule has 0 saturated carbocycles. The molecule has 56 heavy (non-hydrogen) atoms. The van der Waals surface area contributed by atoms with Gasteiger partial charge in [-0.3, -0.25) is 0 Å². The number of fused-ring (bicyclic) bond motifs is 11. The molecular formula is C55H38S. The number of hydrogen-bond donors (Lipinski definition) is 0. The van der Waals surface area contributed by atoms with Crippen LogP contribution in [0.5, 0.6) is 0 Å². The Bertz CT molecular complexity index is 3210. The predicted molar refractivity (Wildman–Crippen MR) is 243 cm³/mol. The summed E-state index contributed by atoms with van der Waals surface area (Å²) in [5.41, 5.74) is 13.3. The predicted octanol–water partition coefficient (Wildman–Crippen LogP) is 15.5. The van der Waals surface area contributed by atoms with Crippen molar-refractivity contribution in [2.24, 2.45) is 11.8 Å². The van der Waals surface area contributed by atoms with Crippen LogP contribution < -0.4 is 0 Å². The molecule has 1 heterocycles. The van der Waals surface area contributed by atoms with Crippen LogP contribution in [0.25, 0.3) is 91.4 Å². The summed E-state index contributed by atoms with van der Waals surface area (Å²) in [6.07, 6.45) is 16.0. The lowest BCUT2D eigenvalue weighted by atomic mass is 9.74. The second kappa shape index (κ2) is 11.9. The lowest BCUT2D eigenvalue weighted by Gasteiger charge is -2.29. The van der Waals surface area contributed by atoms with E-state index in [-0.39, 0.29) is 5.41 Å². The van der Waals surface area contributed by atoms with Gasteiger partial charge in [-0.05, 0) is 112 Å². The third-order valence-electron chi connectivity index (χ3n) is 13.0. The van der Waals surface area contributed by atoms with E-state index in [4.69, 9.17) is 0 Å². The molecule has 8 aromatic carbocycles. The summed E-state index contributed by atoms with van der Waals surface area (Å²) in [4.78, 5) is 0. The first-order valence-corrected chi connectivity index (χ1v) is 20.7. The molecule has 3 aliphatic rings. The first kappa shape index (κ1) is 32.0. The molecule has 0 bridgehead atoms. The van der Waals surface area contributed by atoms with Crippen molar-refractivity contribution in [1.29, 1.82) is 0 Å². The Morgan fingerprint density at radius 3 is 1.88 bits per heavy atom. The van der Waals surface area contributed by atoms with Crippen LogP contribution in [0.1, 0.15) is 30.5 Å². The van der Waals surface area contributed by atoms with Gasteiger partial charge in [0.15, 0.2) is 0 Å². The van der Waals surface area contributed by atoms with Crippen LogP contribution in [-0.4, -0.2) is 0 Å². The molecule has 1 heteroatoms. The highest BCUT2D eigenvalue weighted by atomic mass is 32.1. The smallest absolute Gasteiger partial charge is 0.0361 e. The molecule has 3 aliphatic carbocycles. The summed E-state index contributed by atoms with van der Waals surface area (Å²) in [7, 11) is 0. The Balaban J connectivity index is 0.970. The van der Waals surface area contributed by atoms with E-state index >= 15 is 0 Å². The number of rotatable bonds is 3. The first-order valence-electron chi connectivity index (χ1n) is 19.8. The highest BCUT2D eigenvalue weighted by Crippen LogP contribution is 2.53. The third kappa shape index (κ3) is 4.53. The van der Waals surface area contributed by atoms with E-state index in [9.17, 15) is 0 Å². The minimum Gasteiger partial charge on any atom is -0.135 e. The Morgan fingerprint density at radius 1 is 0.464 bits per heavy atom. The van der Waals surface area contributed by atoms with Crippen LogP contribution in [0.2, 0.25) is 0 Å². The Morgan fingerprint density at radius 2 is 1.11 bits per heavy atom. The van der Waals surface area contributed by atoms with Crippen molar-refractivity contribution in [2.45, 2.75) is 19.3 Å². The van der Waals surface area contributed by atoms with Crippen LogP contribution in [0.15, 0.2) is 182 Å². The molecule has 12 rings (SSSR count). The van der Waals surface area contributed by atoms with Gasteiger partial charge in [0, 0.05) is 37.4 Å². The fourth-order valence-corrected chi connectivity index (χ4v) is 11.5. The van der Waals surface area contributed by atoms with E-state index in [1.807, 2.05) is 11.3 Å². The zero-order valence-electron chi connectivity index (χ0n) is 31.4. The van der Waals surface area contributed by atoms with E-state index in [1.165, 1.54) is 108 Å². The van der Waals surface area contributed by atoms with Gasteiger partial charge in [0.05, 0.1) is 0 Å². The number of thiophene rings is 1. The highest BCUT2D eigenvalue weighted by molar-refractivity contribution is 7.25. The summed E-state index contributed by atoms with van der Waals surface area (Å²) in [6, 6.07) is 53.0. The topological polar surface area (TPSA) is 0 Å². The molecule has 0 nitrogen and oxygen atoms in total. The van der Waals surface area contributed by atoms with Crippen LogP contribution in [0.3, 0.4) is 0 Å². The standard InChI is InChI=1S/C55H38S/c1-55(2)49-29-27-36(30-47(49)45-28-26-37-31-48-39-15-9-10-21-50(39)56-51(48)32-46(37)54(45)55)33-22-24-35(25-23-33)52-41-16-5-7-18-43(41)53(44-19-8-6-17-42(44)52)40-20-11-13-34-12-3-4-14-38(34)40/h3-32,34,38H,1-2H3. The van der Waals surface area contributed by atoms with Crippen molar-refractivity contribution in [3.8, 4) is 33.4 Å². The van der Waals surface area contributed by atoms with Crippen molar-refractivity contribution < 1.29 is 0 Å². The van der Waals surface area contributed by atoms with Crippen LogP contribution >= 0.6 is 11.3 Å². The van der Waals surface area contributed by atoms with E-state index < -0.39 is 0 Å². The summed E-state index contributed by atoms with van der Waals surface area (Å²) in [6.45, 7) is 4.81. The Kier molecular flexibility index (Phi) is 6.78. The quantitative estimate of drug-likeness (QED) is 0.159. The van der Waals surface area contributed by atoms with Crippen LogP contribution in [-0.2, 0) is 5.41 Å². The molecule has 0 aliphatic heterocycles. The molecule has 0 saturated heterocycles. The zero-order valence-corrected chi connectivity index (χ0v) is 32.2. The van der Waals surface area contributed by atoms with Gasteiger partial charge in [-0.25, -0.2) is 0 Å². The van der Waals surface area contributed by atoms with E-state index in [0.717, 1.165) is 0 Å². The maximum atomic E-state index is 2.46. The van der Waals surface area contributed by atoms with Gasteiger partial charge in [-0.2, -0.15) is 0 Å². The van der Waals surface area contributed by atoms with Gasteiger partial charge in [0.25, 0.3) is 0 Å². The molecule has 2 unspecified atom stereocenters. The maximum absolute atomic E-state index is 2.46. The second-order valence-electron chi connectivity index (χ2n) is 16.3. The molecule has 264 valence electrons. The van der Waals surface area contributed by atoms with Gasteiger partial charge >= 0.3 is 0 Å². The van der Waals surface area contributed by atoms with E-state index in [2.05, 4.69) is 196 Å². The summed E-state index contributed by atoms with van der Waals surface area (Å²) in [5, 5.41) is 10.6. The van der Waals surface area contributed by atoms with Crippen molar-refractivity contribution >= 4 is 69.4 Å². The third-order valence-corrected chi connectivity index (χ3v) is 14.1. The van der Waals surface area contributed by atoms with Gasteiger partial charge in [-0.15, -0.1) is 11.3 Å². The monoisotopic (exact) mass is 730 g/mol. The van der Waals surface area contributed by atoms with Crippen molar-refractivity contribution in [2.75, 3.05) is 0 Å². The van der Waals surface area contributed by atoms with Crippen LogP contribution in [0, 0.1) is 11.8 Å². The average Bonchev–Trinajstić information content (AvgIpc) is 3.72. The SMILES string of the molecule is CC1(C)c2ccc(-c3ccc(-c4c5ccccc5c(C5=CC=CC6C=CC=CC56)c5ccccc45)cc3)cc2-c2ccc3cc4c(cc3c21)sc1ccccc14. The maximum Gasteiger partial charge on any atom is 0.0361 e. The van der Waals surface area contributed by atoms with Gasteiger partial charge in [0.1, 0.15) is 0 Å². The van der Waals surface area contributed by atoms with Crippen molar-refractivity contribution in [3.63, 3.8) is 0 Å². The highest BCUT2D eigenvalue weighted by Gasteiger charge is 2.37. The van der Waals surface area contributed by atoms with Crippen molar-refractivity contribution in [1.82, 2.24) is 0 Å². The van der Waals surface area contributed by atoms with Crippen LogP contribution in [0.4, 0.5) is 0 Å². The van der Waals surface area contributed by atoms with Gasteiger partial charge in [-0.1, -0.05) is 172 Å². The molecular weight excluding hydrogens is 693 g/mol. The number of benzene rings is 8. The molecule has 1 aromatic heterocycles. The molecule has 0 amide bonds. The molecule has 0 radical (unpaired) electrons. The fourth-order valence-electron chi connectivity index (χ4n) is 10.4. The molecule has 2 atom stereocenters. The minimum absolute atomic E-state index is 0.0972. The molecule has 0 spiro atoms. The lowest BCUT2D eigenvalue weighted by molar-refractivity contribution is 0.666. The Labute approximate surface area is 331 Å². The Hall–Kier alpha value is -6.28. The largest absolute Gasteiger partial charge is 0.135 e. The second-order valence-corrected chi connectivity index (χ2v) is 17.4. The number of hydrogen-bond acceptors (Lipinski definition) is 1. The van der Waals surface area contributed by atoms with E-state index in [1.54, 1.807) is 0 Å². The molecule has 9 aromatic rings. The summed E-state index contributed by atoms with van der Waals surface area (Å²) in [5.74, 6) is 0.726. The lowest BCUT2D eigenvalue weighted by Crippen LogP contribution is -2.15. The molecule has 0 N–H and O–H groups in total. The number of allylic oxidation sites excluding steroid dienone is 8.